The minimum atomic E-state index is -0.581. The van der Waals surface area contributed by atoms with E-state index in [1.165, 1.54) is 39.8 Å². The van der Waals surface area contributed by atoms with Crippen LogP contribution in [0.4, 0.5) is 21.6 Å². The second-order valence-corrected chi connectivity index (χ2v) is 10.3. The number of fused-ring (bicyclic) bond motifs is 1. The van der Waals surface area contributed by atoms with E-state index in [-0.39, 0.29) is 69.5 Å². The number of nitrogens with one attached hydrogen (secondary N) is 2. The molecule has 2 aromatic carbocycles. The Morgan fingerprint density at radius 1 is 1.08 bits per heavy atom. The minimum absolute atomic E-state index is 0. The summed E-state index contributed by atoms with van der Waals surface area (Å²) < 4.78 is 19.3. The molecule has 0 saturated heterocycles. The molecule has 0 spiro atoms. The maximum atomic E-state index is 14.8. The van der Waals surface area contributed by atoms with Crippen molar-refractivity contribution in [3.05, 3.63) is 88.6 Å². The third-order valence-electron chi connectivity index (χ3n) is 6.36. The molecular formula is C26H24FIN5NaO4. The Labute approximate surface area is 252 Å². The van der Waals surface area contributed by atoms with Crippen molar-refractivity contribution in [1.29, 1.82) is 0 Å². The normalized spacial score (nSPS) is 12.8. The van der Waals surface area contributed by atoms with Crippen LogP contribution in [-0.2, 0) is 11.8 Å². The molecular weight excluding hydrogens is 615 g/mol. The molecule has 38 heavy (non-hydrogen) atoms. The van der Waals surface area contributed by atoms with E-state index in [9.17, 15) is 23.6 Å². The van der Waals surface area contributed by atoms with Gasteiger partial charge in [0.2, 0.25) is 5.91 Å². The van der Waals surface area contributed by atoms with Crippen molar-refractivity contribution in [2.45, 2.75) is 32.7 Å². The molecule has 1 aliphatic rings. The maximum absolute atomic E-state index is 14.8. The van der Waals surface area contributed by atoms with Crippen LogP contribution in [0.25, 0.3) is 16.6 Å². The van der Waals surface area contributed by atoms with Crippen molar-refractivity contribution in [3.63, 3.8) is 0 Å². The van der Waals surface area contributed by atoms with Crippen LogP contribution in [0.1, 0.15) is 31.4 Å². The van der Waals surface area contributed by atoms with Gasteiger partial charge in [-0.05, 0) is 78.8 Å². The van der Waals surface area contributed by atoms with Crippen molar-refractivity contribution in [2.75, 3.05) is 10.6 Å². The van der Waals surface area contributed by atoms with E-state index in [1.807, 2.05) is 22.6 Å². The van der Waals surface area contributed by atoms with Gasteiger partial charge in [0, 0.05) is 34.8 Å². The summed E-state index contributed by atoms with van der Waals surface area (Å²) in [5.74, 6) is -0.753. The first-order chi connectivity index (χ1) is 17.6. The van der Waals surface area contributed by atoms with Crippen LogP contribution in [0.2, 0.25) is 0 Å². The average molecular weight is 639 g/mol. The summed E-state index contributed by atoms with van der Waals surface area (Å²) in [6.07, 6.45) is 1.34. The Morgan fingerprint density at radius 3 is 2.42 bits per heavy atom. The van der Waals surface area contributed by atoms with Gasteiger partial charge in [-0.3, -0.25) is 28.1 Å². The fraction of sp³-hybridized carbons (Fsp3) is 0.231. The molecule has 1 fully saturated rings. The number of benzene rings is 2. The first-order valence-corrected chi connectivity index (χ1v) is 12.7. The van der Waals surface area contributed by atoms with Crippen LogP contribution in [0, 0.1) is 16.3 Å². The van der Waals surface area contributed by atoms with Crippen molar-refractivity contribution in [3.8, 4) is 5.69 Å². The molecule has 1 aliphatic carbocycles. The Hall–Kier alpha value is -2.74. The van der Waals surface area contributed by atoms with Gasteiger partial charge in [-0.15, -0.1) is 0 Å². The zero-order chi connectivity index (χ0) is 26.6. The Bertz CT molecular complexity index is 1790. The van der Waals surface area contributed by atoms with Gasteiger partial charge in [-0.2, -0.15) is 0 Å². The van der Waals surface area contributed by atoms with Crippen LogP contribution in [0.5, 0.6) is 0 Å². The summed E-state index contributed by atoms with van der Waals surface area (Å²) in [6, 6.07) is 10.9. The molecule has 0 aliphatic heterocycles. The van der Waals surface area contributed by atoms with Gasteiger partial charge in [-0.25, -0.2) is 9.18 Å². The Balaban J connectivity index is 0.00000336. The first kappa shape index (κ1) is 28.3. The summed E-state index contributed by atoms with van der Waals surface area (Å²) in [5.41, 5.74) is -0.351. The molecule has 5 rings (SSSR count). The number of hydrogen-bond acceptors (Lipinski definition) is 5. The van der Waals surface area contributed by atoms with E-state index in [0.717, 1.165) is 0 Å². The summed E-state index contributed by atoms with van der Waals surface area (Å²) in [6.45, 7) is 2.92. The number of carbonyl (C=O) groups excluding carboxylic acids is 1. The van der Waals surface area contributed by atoms with Gasteiger partial charge in [0.15, 0.2) is 0 Å². The van der Waals surface area contributed by atoms with Crippen LogP contribution >= 0.6 is 22.6 Å². The number of anilines is 3. The average Bonchev–Trinajstić information content (AvgIpc) is 3.67. The fourth-order valence-electron chi connectivity index (χ4n) is 4.50. The van der Waals surface area contributed by atoms with Crippen molar-refractivity contribution < 1.29 is 9.18 Å². The molecule has 0 unspecified atom stereocenters. The van der Waals surface area contributed by atoms with Crippen LogP contribution < -0.4 is 27.4 Å². The van der Waals surface area contributed by atoms with E-state index in [0.29, 0.717) is 27.8 Å². The summed E-state index contributed by atoms with van der Waals surface area (Å²) in [7, 11) is 1.50. The number of nitrogens with zero attached hydrogens (tertiary/aromatic N) is 3. The molecule has 2 heterocycles. The zero-order valence-electron chi connectivity index (χ0n) is 20.3. The van der Waals surface area contributed by atoms with E-state index < -0.39 is 22.6 Å². The van der Waals surface area contributed by atoms with E-state index >= 15 is 0 Å². The van der Waals surface area contributed by atoms with Crippen LogP contribution in [-0.4, -0.2) is 49.2 Å². The first-order valence-electron chi connectivity index (χ1n) is 11.6. The molecule has 192 valence electrons. The molecule has 2 N–H and O–H groups in total. The van der Waals surface area contributed by atoms with Gasteiger partial charge in [0.05, 0.1) is 16.9 Å². The number of hydrogen-bond donors (Lipinski definition) is 2. The number of carbonyl (C=O) groups is 1. The molecule has 0 bridgehead atoms. The summed E-state index contributed by atoms with van der Waals surface area (Å²) in [4.78, 5) is 52.6. The van der Waals surface area contributed by atoms with E-state index in [1.54, 1.807) is 37.3 Å². The molecule has 4 aromatic rings. The monoisotopic (exact) mass is 639 g/mol. The number of aromatic nitrogens is 3. The summed E-state index contributed by atoms with van der Waals surface area (Å²) >= 11 is 1.99. The molecule has 2 aromatic heterocycles. The van der Waals surface area contributed by atoms with Gasteiger partial charge < -0.3 is 10.6 Å². The van der Waals surface area contributed by atoms with Crippen molar-refractivity contribution in [2.24, 2.45) is 7.05 Å². The molecule has 12 heteroatoms. The van der Waals surface area contributed by atoms with Gasteiger partial charge in [0.1, 0.15) is 17.0 Å². The predicted octanol–water partition coefficient (Wildman–Crippen LogP) is 3.29. The van der Waals surface area contributed by atoms with Gasteiger partial charge in [0.25, 0.3) is 11.1 Å². The number of halogens is 2. The number of aryl methyl sites for hydroxylation is 1. The Kier molecular flexibility index (Phi) is 8.03. The zero-order valence-corrected chi connectivity index (χ0v) is 22.4. The van der Waals surface area contributed by atoms with E-state index in [2.05, 4.69) is 10.6 Å². The van der Waals surface area contributed by atoms with E-state index in [4.69, 9.17) is 0 Å². The van der Waals surface area contributed by atoms with Gasteiger partial charge >= 0.3 is 35.2 Å². The van der Waals surface area contributed by atoms with Gasteiger partial charge in [-0.1, -0.05) is 6.07 Å². The standard InChI is InChI=1S/C26H23FIN5O4.Na.H/c1-13-22-21(23(31(3)24(13)35)30-20-10-7-15(28)11-19(20)27)25(36)33(17-8-9-17)26(37)32(22)18-6-4-5-16(12-18)29-14(2)34;;/h4-7,10-12,17,30H,8-9H2,1-3H3,(H,29,34);;. The molecule has 9 nitrogen and oxygen atoms in total. The van der Waals surface area contributed by atoms with Crippen LogP contribution in [0.3, 0.4) is 0 Å². The Morgan fingerprint density at radius 2 is 1.79 bits per heavy atom. The SMILES string of the molecule is CC(=O)Nc1cccc(-n2c(=O)n(C3CC3)c(=O)c3c(Nc4ccc(I)cc4F)n(C)c(=O)c(C)c32)c1.[NaH]. The third-order valence-corrected chi connectivity index (χ3v) is 7.04. The van der Waals surface area contributed by atoms with Crippen LogP contribution in [0.15, 0.2) is 56.8 Å². The molecule has 1 saturated carbocycles. The quantitative estimate of drug-likeness (QED) is 0.258. The topological polar surface area (TPSA) is 107 Å². The number of pyridine rings is 1. The second kappa shape index (κ2) is 10.8. The molecule has 0 atom stereocenters. The molecule has 0 radical (unpaired) electrons. The van der Waals surface area contributed by atoms with Crippen molar-refractivity contribution >= 4 is 86.2 Å². The fourth-order valence-corrected chi connectivity index (χ4v) is 4.95. The number of amides is 1. The van der Waals surface area contributed by atoms with Crippen molar-refractivity contribution in [1.82, 2.24) is 13.7 Å². The summed E-state index contributed by atoms with van der Waals surface area (Å²) in [5, 5.41) is 5.72. The predicted molar refractivity (Wildman–Crippen MR) is 156 cm³/mol. The third kappa shape index (κ3) is 4.99. The second-order valence-electron chi connectivity index (χ2n) is 9.07. The number of rotatable bonds is 5. The molecule has 1 amide bonds.